The number of nitrogens with one attached hydrogen (secondary N) is 1. The third kappa shape index (κ3) is 8.82. The Hall–Kier alpha value is -3.37. The van der Waals surface area contributed by atoms with Crippen LogP contribution >= 0.6 is 15.9 Å². The summed E-state index contributed by atoms with van der Waals surface area (Å²) in [5.41, 5.74) is 2.00. The maximum atomic E-state index is 14.1. The van der Waals surface area contributed by atoms with E-state index < -0.39 is 28.5 Å². The van der Waals surface area contributed by atoms with Gasteiger partial charge in [0, 0.05) is 23.5 Å². The minimum absolute atomic E-state index is 0.0968. The molecule has 0 saturated heterocycles. The van der Waals surface area contributed by atoms with Gasteiger partial charge in [0.15, 0.2) is 0 Å². The van der Waals surface area contributed by atoms with E-state index in [0.717, 1.165) is 32.6 Å². The predicted octanol–water partition coefficient (Wildman–Crippen LogP) is 4.78. The van der Waals surface area contributed by atoms with Crippen LogP contribution in [0.1, 0.15) is 31.4 Å². The molecule has 0 aliphatic rings. The number of carbonyl (C=O) groups is 2. The summed E-state index contributed by atoms with van der Waals surface area (Å²) < 4.78 is 32.8. The number of hydrogen-bond donors (Lipinski definition) is 1. The van der Waals surface area contributed by atoms with Crippen molar-refractivity contribution in [2.75, 3.05) is 24.2 Å². The van der Waals surface area contributed by atoms with Crippen LogP contribution in [-0.2, 0) is 32.6 Å². The lowest BCUT2D eigenvalue weighted by Gasteiger charge is -2.34. The molecule has 10 heteroatoms. The van der Waals surface area contributed by atoms with E-state index in [4.69, 9.17) is 4.74 Å². The second-order valence-corrected chi connectivity index (χ2v) is 12.5. The fourth-order valence-corrected chi connectivity index (χ4v) is 5.49. The fraction of sp³-hybridized carbons (Fsp3) is 0.333. The molecule has 40 heavy (non-hydrogen) atoms. The number of sulfonamides is 1. The summed E-state index contributed by atoms with van der Waals surface area (Å²) in [5.74, 6) is -0.234. The number of halogens is 1. The van der Waals surface area contributed by atoms with Gasteiger partial charge in [0.05, 0.1) is 19.1 Å². The summed E-state index contributed by atoms with van der Waals surface area (Å²) in [7, 11) is -2.32. The van der Waals surface area contributed by atoms with E-state index in [0.29, 0.717) is 11.4 Å². The molecule has 2 atom stereocenters. The minimum Gasteiger partial charge on any atom is -0.497 e. The Morgan fingerprint density at radius 3 is 2.20 bits per heavy atom. The smallest absolute Gasteiger partial charge is 0.244 e. The molecule has 2 amide bonds. The molecule has 0 unspecified atom stereocenters. The average Bonchev–Trinajstić information content (AvgIpc) is 2.93. The van der Waals surface area contributed by atoms with Crippen LogP contribution in [0.25, 0.3) is 0 Å². The lowest BCUT2D eigenvalue weighted by molar-refractivity contribution is -0.140. The quantitative estimate of drug-likeness (QED) is 0.294. The summed E-state index contributed by atoms with van der Waals surface area (Å²) in [4.78, 5) is 29.2. The molecule has 0 radical (unpaired) electrons. The first-order chi connectivity index (χ1) is 19.0. The van der Waals surface area contributed by atoms with Crippen LogP contribution in [0.15, 0.2) is 83.3 Å². The van der Waals surface area contributed by atoms with Gasteiger partial charge in [0.25, 0.3) is 0 Å². The van der Waals surface area contributed by atoms with Gasteiger partial charge in [-0.2, -0.15) is 0 Å². The second-order valence-electron chi connectivity index (χ2n) is 9.64. The van der Waals surface area contributed by atoms with Crippen LogP contribution in [0.4, 0.5) is 5.69 Å². The molecule has 3 rings (SSSR count). The lowest BCUT2D eigenvalue weighted by Crippen LogP contribution is -2.54. The molecule has 0 bridgehead atoms. The van der Waals surface area contributed by atoms with Crippen LogP contribution in [0.2, 0.25) is 0 Å². The van der Waals surface area contributed by atoms with E-state index in [2.05, 4.69) is 21.2 Å². The Kier molecular flexibility index (Phi) is 11.2. The van der Waals surface area contributed by atoms with E-state index in [1.807, 2.05) is 68.4 Å². The van der Waals surface area contributed by atoms with Crippen LogP contribution in [-0.4, -0.2) is 57.1 Å². The zero-order valence-electron chi connectivity index (χ0n) is 23.2. The van der Waals surface area contributed by atoms with Crippen molar-refractivity contribution < 1.29 is 22.7 Å². The van der Waals surface area contributed by atoms with Gasteiger partial charge in [-0.1, -0.05) is 65.3 Å². The minimum atomic E-state index is -3.84. The molecule has 0 aliphatic carbocycles. The third-order valence-corrected chi connectivity index (χ3v) is 8.19. The topological polar surface area (TPSA) is 96.0 Å². The van der Waals surface area contributed by atoms with Crippen molar-refractivity contribution in [2.45, 2.75) is 45.3 Å². The van der Waals surface area contributed by atoms with Gasteiger partial charge in [0.1, 0.15) is 18.3 Å². The number of methoxy groups -OCH3 is 1. The average molecular weight is 631 g/mol. The number of benzene rings is 3. The first-order valence-corrected chi connectivity index (χ1v) is 15.7. The Balaban J connectivity index is 2.05. The SMILES string of the molecule is CC[C@H](C)NC(=O)[C@H](Cc1ccccc1)N(Cc1cccc(Br)c1)C(=O)CN(c1ccc(OC)cc1)S(C)(=O)=O. The summed E-state index contributed by atoms with van der Waals surface area (Å²) in [5, 5.41) is 3.02. The van der Waals surface area contributed by atoms with Crippen molar-refractivity contribution in [1.82, 2.24) is 10.2 Å². The number of rotatable bonds is 13. The Morgan fingerprint density at radius 2 is 1.62 bits per heavy atom. The van der Waals surface area contributed by atoms with Gasteiger partial charge < -0.3 is 15.0 Å². The number of carbonyl (C=O) groups excluding carboxylic acids is 2. The summed E-state index contributed by atoms with van der Waals surface area (Å²) in [6, 6.07) is 22.4. The number of anilines is 1. The van der Waals surface area contributed by atoms with E-state index in [9.17, 15) is 18.0 Å². The predicted molar refractivity (Wildman–Crippen MR) is 162 cm³/mol. The molecule has 0 aromatic heterocycles. The van der Waals surface area contributed by atoms with Crippen molar-refractivity contribution in [2.24, 2.45) is 0 Å². The zero-order valence-corrected chi connectivity index (χ0v) is 25.6. The van der Waals surface area contributed by atoms with Gasteiger partial charge in [-0.05, 0) is 60.9 Å². The molecule has 0 heterocycles. The highest BCUT2D eigenvalue weighted by molar-refractivity contribution is 9.10. The van der Waals surface area contributed by atoms with Gasteiger partial charge >= 0.3 is 0 Å². The molecule has 214 valence electrons. The van der Waals surface area contributed by atoms with E-state index >= 15 is 0 Å². The maximum Gasteiger partial charge on any atom is 0.244 e. The summed E-state index contributed by atoms with van der Waals surface area (Å²) in [6.45, 7) is 3.53. The monoisotopic (exact) mass is 629 g/mol. The largest absolute Gasteiger partial charge is 0.497 e. The van der Waals surface area contributed by atoms with Gasteiger partial charge in [0.2, 0.25) is 21.8 Å². The van der Waals surface area contributed by atoms with Crippen LogP contribution in [0.3, 0.4) is 0 Å². The Morgan fingerprint density at radius 1 is 0.975 bits per heavy atom. The molecule has 8 nitrogen and oxygen atoms in total. The van der Waals surface area contributed by atoms with E-state index in [1.54, 1.807) is 24.3 Å². The molecule has 3 aromatic carbocycles. The van der Waals surface area contributed by atoms with Crippen molar-refractivity contribution in [3.05, 3.63) is 94.5 Å². The van der Waals surface area contributed by atoms with E-state index in [1.165, 1.54) is 12.0 Å². The number of amides is 2. The molecule has 0 saturated carbocycles. The van der Waals surface area contributed by atoms with Crippen LogP contribution in [0.5, 0.6) is 5.75 Å². The first kappa shape index (κ1) is 31.2. The highest BCUT2D eigenvalue weighted by Gasteiger charge is 2.33. The molecular weight excluding hydrogens is 594 g/mol. The maximum absolute atomic E-state index is 14.1. The molecular formula is C30H36BrN3O5S. The van der Waals surface area contributed by atoms with Crippen molar-refractivity contribution in [1.29, 1.82) is 0 Å². The first-order valence-electron chi connectivity index (χ1n) is 13.0. The zero-order chi connectivity index (χ0) is 29.3. The van der Waals surface area contributed by atoms with Crippen molar-refractivity contribution in [3.63, 3.8) is 0 Å². The third-order valence-electron chi connectivity index (χ3n) is 6.55. The van der Waals surface area contributed by atoms with E-state index in [-0.39, 0.29) is 24.9 Å². The van der Waals surface area contributed by atoms with Crippen molar-refractivity contribution >= 4 is 43.5 Å². The molecule has 1 N–H and O–H groups in total. The fourth-order valence-electron chi connectivity index (χ4n) is 4.19. The number of hydrogen-bond acceptors (Lipinski definition) is 5. The van der Waals surface area contributed by atoms with Crippen LogP contribution < -0.4 is 14.4 Å². The number of nitrogens with zero attached hydrogens (tertiary/aromatic N) is 2. The Bertz CT molecular complexity index is 1380. The lowest BCUT2D eigenvalue weighted by atomic mass is 10.0. The standard InChI is InChI=1S/C30H36BrN3O5S/c1-5-22(2)32-30(36)28(19-23-10-7-6-8-11-23)33(20-24-12-9-13-25(31)18-24)29(35)21-34(40(4,37)38)26-14-16-27(39-3)17-15-26/h6-18,22,28H,5,19-21H2,1-4H3,(H,32,36)/t22-,28-/m0/s1. The molecule has 3 aromatic rings. The van der Waals surface area contributed by atoms with Gasteiger partial charge in [-0.25, -0.2) is 8.42 Å². The highest BCUT2D eigenvalue weighted by Crippen LogP contribution is 2.23. The number of ether oxygens (including phenoxy) is 1. The van der Waals surface area contributed by atoms with Crippen LogP contribution in [0, 0.1) is 0 Å². The molecule has 0 aliphatic heterocycles. The van der Waals surface area contributed by atoms with Crippen molar-refractivity contribution in [3.8, 4) is 5.75 Å². The summed E-state index contributed by atoms with van der Waals surface area (Å²) >= 11 is 3.48. The molecule has 0 spiro atoms. The van der Waals surface area contributed by atoms with Gasteiger partial charge in [-0.3, -0.25) is 13.9 Å². The molecule has 0 fully saturated rings. The Labute approximate surface area is 245 Å². The summed E-state index contributed by atoms with van der Waals surface area (Å²) in [6.07, 6.45) is 2.05. The van der Waals surface area contributed by atoms with Gasteiger partial charge in [-0.15, -0.1) is 0 Å². The highest BCUT2D eigenvalue weighted by atomic mass is 79.9. The second kappa shape index (κ2) is 14.3. The normalized spacial score (nSPS) is 12.7.